The van der Waals surface area contributed by atoms with Gasteiger partial charge in [0.25, 0.3) is 0 Å². The van der Waals surface area contributed by atoms with E-state index in [-0.39, 0.29) is 0 Å². The van der Waals surface area contributed by atoms with E-state index in [4.69, 9.17) is 0 Å². The van der Waals surface area contributed by atoms with Gasteiger partial charge in [-0.1, -0.05) is 28.9 Å². The number of halogens is 1. The molecule has 1 unspecified atom stereocenters. The number of nitrogens with zero attached hydrogens (tertiary/aromatic N) is 2. The van der Waals surface area contributed by atoms with Crippen LogP contribution in [0.25, 0.3) is 0 Å². The molecule has 1 aromatic carbocycles. The normalized spacial score (nSPS) is 19.1. The third-order valence-electron chi connectivity index (χ3n) is 4.38. The van der Waals surface area contributed by atoms with E-state index in [1.807, 2.05) is 0 Å². The summed E-state index contributed by atoms with van der Waals surface area (Å²) in [6.45, 7) is 6.55. The summed E-state index contributed by atoms with van der Waals surface area (Å²) < 4.78 is 1.20. The van der Waals surface area contributed by atoms with Crippen molar-refractivity contribution in [2.45, 2.75) is 38.8 Å². The molecule has 2 rings (SSSR count). The van der Waals surface area contributed by atoms with Crippen LogP contribution >= 0.6 is 15.9 Å². The molecule has 0 bridgehead atoms. The van der Waals surface area contributed by atoms with Crippen molar-refractivity contribution in [3.05, 3.63) is 28.2 Å². The van der Waals surface area contributed by atoms with E-state index in [2.05, 4.69) is 70.3 Å². The molecule has 0 saturated carbocycles. The maximum atomic E-state index is 3.72. The zero-order valence-electron chi connectivity index (χ0n) is 13.5. The predicted octanol–water partition coefficient (Wildman–Crippen LogP) is 3.48. The van der Waals surface area contributed by atoms with Crippen LogP contribution in [0.3, 0.4) is 0 Å². The van der Waals surface area contributed by atoms with Crippen molar-refractivity contribution in [2.75, 3.05) is 38.6 Å². The third-order valence-corrected chi connectivity index (χ3v) is 5.11. The average molecular weight is 354 g/mol. The molecular weight excluding hydrogens is 326 g/mol. The summed E-state index contributed by atoms with van der Waals surface area (Å²) in [5.41, 5.74) is 2.63. The minimum Gasteiger partial charge on any atom is -0.373 e. The maximum absolute atomic E-state index is 3.72. The number of likely N-dealkylation sites (N-methyl/N-ethyl adjacent to an activating group) is 2. The predicted molar refractivity (Wildman–Crippen MR) is 95.1 cm³/mol. The highest BCUT2D eigenvalue weighted by molar-refractivity contribution is 9.10. The van der Waals surface area contributed by atoms with Gasteiger partial charge in [0.1, 0.15) is 0 Å². The van der Waals surface area contributed by atoms with Crippen LogP contribution in [0.4, 0.5) is 5.69 Å². The number of benzene rings is 1. The smallest absolute Gasteiger partial charge is 0.0375 e. The van der Waals surface area contributed by atoms with Gasteiger partial charge >= 0.3 is 0 Å². The lowest BCUT2D eigenvalue weighted by Gasteiger charge is -2.27. The molecule has 3 nitrogen and oxygen atoms in total. The second-order valence-corrected chi connectivity index (χ2v) is 6.96. The standard InChI is InChI=1S/C17H28BrN3/c1-4-9-19-12-14-7-8-15(11-17(14)18)21(3)13-16-6-5-10-20(16)2/h7-8,11,16,19H,4-6,9-10,12-13H2,1-3H3. The quantitative estimate of drug-likeness (QED) is 0.757. The molecule has 0 aliphatic carbocycles. The van der Waals surface area contributed by atoms with Crippen molar-refractivity contribution in [1.29, 1.82) is 0 Å². The molecule has 1 atom stereocenters. The fraction of sp³-hybridized carbons (Fsp3) is 0.647. The molecule has 0 radical (unpaired) electrons. The molecule has 0 aromatic heterocycles. The van der Waals surface area contributed by atoms with Crippen LogP contribution in [-0.4, -0.2) is 44.7 Å². The Morgan fingerprint density at radius 1 is 1.43 bits per heavy atom. The van der Waals surface area contributed by atoms with Crippen molar-refractivity contribution in [2.24, 2.45) is 0 Å². The fourth-order valence-corrected chi connectivity index (χ4v) is 3.46. The van der Waals surface area contributed by atoms with E-state index in [0.29, 0.717) is 6.04 Å². The highest BCUT2D eigenvalue weighted by Gasteiger charge is 2.22. The highest BCUT2D eigenvalue weighted by Crippen LogP contribution is 2.25. The van der Waals surface area contributed by atoms with E-state index in [0.717, 1.165) is 19.6 Å². The Bertz CT molecular complexity index is 450. The first kappa shape index (κ1) is 16.8. The molecule has 1 aliphatic heterocycles. The van der Waals surface area contributed by atoms with Crippen molar-refractivity contribution in [3.8, 4) is 0 Å². The van der Waals surface area contributed by atoms with Gasteiger partial charge in [0.15, 0.2) is 0 Å². The second-order valence-electron chi connectivity index (χ2n) is 6.11. The summed E-state index contributed by atoms with van der Waals surface area (Å²) in [7, 11) is 4.44. The average Bonchev–Trinajstić information content (AvgIpc) is 2.86. The van der Waals surface area contributed by atoms with Crippen molar-refractivity contribution < 1.29 is 0 Å². The van der Waals surface area contributed by atoms with Crippen LogP contribution < -0.4 is 10.2 Å². The molecule has 1 N–H and O–H groups in total. The molecule has 1 aromatic rings. The first-order chi connectivity index (χ1) is 10.1. The van der Waals surface area contributed by atoms with Gasteiger partial charge in [-0.25, -0.2) is 0 Å². The Kier molecular flexibility index (Phi) is 6.52. The van der Waals surface area contributed by atoms with Crippen LogP contribution in [0.1, 0.15) is 31.7 Å². The Hall–Kier alpha value is -0.580. The van der Waals surface area contributed by atoms with E-state index in [1.165, 1.54) is 41.5 Å². The van der Waals surface area contributed by atoms with Crippen molar-refractivity contribution in [1.82, 2.24) is 10.2 Å². The summed E-state index contributed by atoms with van der Waals surface area (Å²) >= 11 is 3.72. The van der Waals surface area contributed by atoms with Gasteiger partial charge in [-0.2, -0.15) is 0 Å². The summed E-state index contributed by atoms with van der Waals surface area (Å²) in [5.74, 6) is 0. The summed E-state index contributed by atoms with van der Waals surface area (Å²) in [5, 5.41) is 3.46. The number of hydrogen-bond donors (Lipinski definition) is 1. The minimum atomic E-state index is 0.694. The molecule has 4 heteroatoms. The van der Waals surface area contributed by atoms with E-state index in [1.54, 1.807) is 0 Å². The van der Waals surface area contributed by atoms with Gasteiger partial charge in [0.05, 0.1) is 0 Å². The van der Waals surface area contributed by atoms with Crippen LogP contribution in [0.2, 0.25) is 0 Å². The number of nitrogens with one attached hydrogen (secondary N) is 1. The lowest BCUT2D eigenvalue weighted by molar-refractivity contribution is 0.314. The van der Waals surface area contributed by atoms with Crippen LogP contribution in [0.5, 0.6) is 0 Å². The van der Waals surface area contributed by atoms with Crippen molar-refractivity contribution >= 4 is 21.6 Å². The van der Waals surface area contributed by atoms with E-state index in [9.17, 15) is 0 Å². The van der Waals surface area contributed by atoms with Crippen LogP contribution in [0, 0.1) is 0 Å². The molecule has 1 saturated heterocycles. The molecule has 1 heterocycles. The third kappa shape index (κ3) is 4.70. The van der Waals surface area contributed by atoms with Crippen molar-refractivity contribution in [3.63, 3.8) is 0 Å². The summed E-state index contributed by atoms with van der Waals surface area (Å²) in [6.07, 6.45) is 3.83. The number of rotatable bonds is 7. The molecule has 1 aliphatic rings. The Labute approximate surface area is 137 Å². The Morgan fingerprint density at radius 2 is 2.24 bits per heavy atom. The minimum absolute atomic E-state index is 0.694. The number of hydrogen-bond acceptors (Lipinski definition) is 3. The highest BCUT2D eigenvalue weighted by atomic mass is 79.9. The molecular formula is C17H28BrN3. The SMILES string of the molecule is CCCNCc1ccc(N(C)CC2CCCN2C)cc1Br. The molecule has 0 spiro atoms. The topological polar surface area (TPSA) is 18.5 Å². The van der Waals surface area contributed by atoms with Gasteiger partial charge in [-0.15, -0.1) is 0 Å². The molecule has 1 fully saturated rings. The van der Waals surface area contributed by atoms with Gasteiger partial charge in [-0.05, 0) is 57.1 Å². The lowest BCUT2D eigenvalue weighted by Crippen LogP contribution is -2.36. The number of anilines is 1. The first-order valence-corrected chi connectivity index (χ1v) is 8.81. The molecule has 118 valence electrons. The molecule has 21 heavy (non-hydrogen) atoms. The first-order valence-electron chi connectivity index (χ1n) is 8.02. The fourth-order valence-electron chi connectivity index (χ4n) is 2.95. The Balaban J connectivity index is 1.95. The number of likely N-dealkylation sites (tertiary alicyclic amines) is 1. The van der Waals surface area contributed by atoms with Crippen LogP contribution in [-0.2, 0) is 6.54 Å². The maximum Gasteiger partial charge on any atom is 0.0375 e. The summed E-state index contributed by atoms with van der Waals surface area (Å²) in [6, 6.07) is 7.41. The Morgan fingerprint density at radius 3 is 2.86 bits per heavy atom. The van der Waals surface area contributed by atoms with E-state index < -0.39 is 0 Å². The van der Waals surface area contributed by atoms with Gasteiger partial charge in [-0.3, -0.25) is 0 Å². The monoisotopic (exact) mass is 353 g/mol. The van der Waals surface area contributed by atoms with Crippen LogP contribution in [0.15, 0.2) is 22.7 Å². The van der Waals surface area contributed by atoms with E-state index >= 15 is 0 Å². The zero-order valence-corrected chi connectivity index (χ0v) is 15.1. The van der Waals surface area contributed by atoms with Gasteiger partial charge in [0.2, 0.25) is 0 Å². The van der Waals surface area contributed by atoms with Gasteiger partial charge in [0, 0.05) is 36.3 Å². The molecule has 0 amide bonds. The second kappa shape index (κ2) is 8.16. The lowest BCUT2D eigenvalue weighted by atomic mass is 10.1. The zero-order chi connectivity index (χ0) is 15.2. The summed E-state index contributed by atoms with van der Waals surface area (Å²) in [4.78, 5) is 4.86. The largest absolute Gasteiger partial charge is 0.373 e. The van der Waals surface area contributed by atoms with Gasteiger partial charge < -0.3 is 15.1 Å².